The Morgan fingerprint density at radius 3 is 1.89 bits per heavy atom. The minimum Gasteiger partial charge on any atom is -0.463 e. The van der Waals surface area contributed by atoms with Crippen LogP contribution in [0.15, 0.2) is 12.2 Å². The van der Waals surface area contributed by atoms with Gasteiger partial charge in [-0.3, -0.25) is 4.79 Å². The molecule has 0 amide bonds. The van der Waals surface area contributed by atoms with Crippen molar-refractivity contribution in [1.29, 1.82) is 0 Å². The average Bonchev–Trinajstić information content (AvgIpc) is 2.68. The molecule has 0 aliphatic rings. The zero-order chi connectivity index (χ0) is 20.0. The van der Waals surface area contributed by atoms with Gasteiger partial charge in [0.2, 0.25) is 0 Å². The van der Waals surface area contributed by atoms with Crippen molar-refractivity contribution in [2.45, 2.75) is 103 Å². The number of rotatable bonds is 20. The molecule has 1 unspecified atom stereocenters. The highest BCUT2D eigenvalue weighted by Crippen LogP contribution is 2.10. The van der Waals surface area contributed by atoms with Crippen molar-refractivity contribution in [1.82, 2.24) is 0 Å². The van der Waals surface area contributed by atoms with Crippen LogP contribution in [0.3, 0.4) is 0 Å². The molecule has 0 fully saturated rings. The highest BCUT2D eigenvalue weighted by molar-refractivity contribution is 5.69. The third kappa shape index (κ3) is 19.7. The summed E-state index contributed by atoms with van der Waals surface area (Å²) in [6, 6.07) is 0. The molecule has 0 aromatic rings. The van der Waals surface area contributed by atoms with Crippen molar-refractivity contribution >= 4 is 5.97 Å². The van der Waals surface area contributed by atoms with Gasteiger partial charge < -0.3 is 14.2 Å². The molecule has 0 aromatic carbocycles. The topological polar surface area (TPSA) is 44.8 Å². The lowest BCUT2D eigenvalue weighted by Gasteiger charge is -2.14. The van der Waals surface area contributed by atoms with Gasteiger partial charge in [0.05, 0.1) is 6.61 Å². The Kier molecular flexibility index (Phi) is 20.7. The molecule has 4 heteroatoms. The molecule has 0 N–H and O–H groups in total. The molecule has 0 aromatic heterocycles. The van der Waals surface area contributed by atoms with E-state index in [-0.39, 0.29) is 18.7 Å². The molecular formula is C23H44O4. The quantitative estimate of drug-likeness (QED) is 0.142. The smallest absolute Gasteiger partial charge is 0.305 e. The van der Waals surface area contributed by atoms with Gasteiger partial charge in [0.1, 0.15) is 12.7 Å². The van der Waals surface area contributed by atoms with Gasteiger partial charge >= 0.3 is 5.97 Å². The number of methoxy groups -OCH3 is 2. The minimum absolute atomic E-state index is 0.134. The molecule has 0 bridgehead atoms. The van der Waals surface area contributed by atoms with Gasteiger partial charge in [-0.05, 0) is 32.1 Å². The van der Waals surface area contributed by atoms with Crippen molar-refractivity contribution in [3.8, 4) is 0 Å². The lowest BCUT2D eigenvalue weighted by Crippen LogP contribution is -2.25. The summed E-state index contributed by atoms with van der Waals surface area (Å²) < 4.78 is 15.4. The second-order valence-corrected chi connectivity index (χ2v) is 7.33. The van der Waals surface area contributed by atoms with E-state index in [4.69, 9.17) is 14.2 Å². The summed E-state index contributed by atoms with van der Waals surface area (Å²) in [6.45, 7) is 2.98. The Labute approximate surface area is 168 Å². The highest BCUT2D eigenvalue weighted by Gasteiger charge is 2.10. The highest BCUT2D eigenvalue weighted by atomic mass is 16.6. The van der Waals surface area contributed by atoms with E-state index in [0.717, 1.165) is 12.8 Å². The van der Waals surface area contributed by atoms with Crippen LogP contribution in [0.4, 0.5) is 0 Å². The van der Waals surface area contributed by atoms with E-state index >= 15 is 0 Å². The second-order valence-electron chi connectivity index (χ2n) is 7.33. The van der Waals surface area contributed by atoms with Crippen molar-refractivity contribution < 1.29 is 19.0 Å². The Morgan fingerprint density at radius 1 is 0.778 bits per heavy atom. The van der Waals surface area contributed by atoms with Crippen LogP contribution >= 0.6 is 0 Å². The summed E-state index contributed by atoms with van der Waals surface area (Å²) in [5, 5.41) is 0. The fraction of sp³-hybridized carbons (Fsp3) is 0.870. The Balaban J connectivity index is 3.32. The first-order valence-electron chi connectivity index (χ1n) is 11.1. The number of ether oxygens (including phenoxy) is 3. The molecular weight excluding hydrogens is 340 g/mol. The Hall–Kier alpha value is -0.870. The average molecular weight is 385 g/mol. The number of hydrogen-bond donors (Lipinski definition) is 0. The maximum atomic E-state index is 11.7. The SMILES string of the molecule is CCCCCCCC/C=C\CCCCCCCC(=O)OCC(COC)OC. The van der Waals surface area contributed by atoms with Crippen LogP contribution < -0.4 is 0 Å². The standard InChI is InChI=1S/C23H44O4/c1-4-5-6-7-8-9-10-11-12-13-14-15-16-17-18-19-23(24)27-21-22(26-3)20-25-2/h11-12,22H,4-10,13-21H2,1-3H3/b12-11-. The summed E-state index contributed by atoms with van der Waals surface area (Å²) in [6.07, 6.45) is 21.4. The van der Waals surface area contributed by atoms with Gasteiger partial charge in [-0.25, -0.2) is 0 Å². The molecule has 0 heterocycles. The van der Waals surface area contributed by atoms with E-state index < -0.39 is 0 Å². The molecule has 0 saturated heterocycles. The van der Waals surface area contributed by atoms with E-state index in [0.29, 0.717) is 13.0 Å². The normalized spacial score (nSPS) is 12.6. The van der Waals surface area contributed by atoms with Crippen LogP contribution in [-0.2, 0) is 19.0 Å². The number of esters is 1. The Bertz CT molecular complexity index is 341. The Morgan fingerprint density at radius 2 is 1.33 bits per heavy atom. The number of hydrogen-bond acceptors (Lipinski definition) is 4. The van der Waals surface area contributed by atoms with Crippen LogP contribution in [0.5, 0.6) is 0 Å². The van der Waals surface area contributed by atoms with Crippen molar-refractivity contribution in [3.63, 3.8) is 0 Å². The summed E-state index contributed by atoms with van der Waals surface area (Å²) in [5.74, 6) is -0.134. The fourth-order valence-corrected chi connectivity index (χ4v) is 2.97. The molecule has 27 heavy (non-hydrogen) atoms. The van der Waals surface area contributed by atoms with Gasteiger partial charge in [-0.2, -0.15) is 0 Å². The van der Waals surface area contributed by atoms with Crippen molar-refractivity contribution in [2.24, 2.45) is 0 Å². The first-order chi connectivity index (χ1) is 13.2. The van der Waals surface area contributed by atoms with Crippen molar-refractivity contribution in [3.05, 3.63) is 12.2 Å². The lowest BCUT2D eigenvalue weighted by atomic mass is 10.1. The molecule has 0 rings (SSSR count). The fourth-order valence-electron chi connectivity index (χ4n) is 2.97. The minimum atomic E-state index is -0.173. The number of carbonyl (C=O) groups excluding carboxylic acids is 1. The van der Waals surface area contributed by atoms with E-state index in [9.17, 15) is 4.79 Å². The van der Waals surface area contributed by atoms with Crippen LogP contribution in [0.25, 0.3) is 0 Å². The monoisotopic (exact) mass is 384 g/mol. The molecule has 1 atom stereocenters. The van der Waals surface area contributed by atoms with Gasteiger partial charge in [0, 0.05) is 20.6 Å². The zero-order valence-corrected chi connectivity index (χ0v) is 18.2. The number of carbonyl (C=O) groups is 1. The number of allylic oxidation sites excluding steroid dienone is 2. The maximum absolute atomic E-state index is 11.7. The summed E-state index contributed by atoms with van der Waals surface area (Å²) in [4.78, 5) is 11.7. The predicted octanol–water partition coefficient (Wildman–Crippen LogP) is 6.23. The summed E-state index contributed by atoms with van der Waals surface area (Å²) in [5.41, 5.74) is 0. The first-order valence-corrected chi connectivity index (χ1v) is 11.1. The van der Waals surface area contributed by atoms with Crippen LogP contribution in [0, 0.1) is 0 Å². The summed E-state index contributed by atoms with van der Waals surface area (Å²) in [7, 11) is 3.21. The van der Waals surface area contributed by atoms with E-state index in [1.54, 1.807) is 14.2 Å². The van der Waals surface area contributed by atoms with Gasteiger partial charge in [0.25, 0.3) is 0 Å². The molecule has 4 nitrogen and oxygen atoms in total. The molecule has 0 spiro atoms. The summed E-state index contributed by atoms with van der Waals surface area (Å²) >= 11 is 0. The predicted molar refractivity (Wildman–Crippen MR) is 113 cm³/mol. The molecule has 0 aliphatic heterocycles. The van der Waals surface area contributed by atoms with Crippen LogP contribution in [0.2, 0.25) is 0 Å². The third-order valence-electron chi connectivity index (χ3n) is 4.76. The first kappa shape index (κ1) is 26.1. The van der Waals surface area contributed by atoms with E-state index in [1.807, 2.05) is 0 Å². The van der Waals surface area contributed by atoms with Gasteiger partial charge in [0.15, 0.2) is 0 Å². The molecule has 0 aliphatic carbocycles. The maximum Gasteiger partial charge on any atom is 0.305 e. The van der Waals surface area contributed by atoms with E-state index in [1.165, 1.54) is 70.6 Å². The zero-order valence-electron chi connectivity index (χ0n) is 18.2. The molecule has 160 valence electrons. The van der Waals surface area contributed by atoms with Gasteiger partial charge in [-0.15, -0.1) is 0 Å². The third-order valence-corrected chi connectivity index (χ3v) is 4.76. The largest absolute Gasteiger partial charge is 0.463 e. The number of unbranched alkanes of at least 4 members (excludes halogenated alkanes) is 11. The molecule has 0 radical (unpaired) electrons. The molecule has 0 saturated carbocycles. The van der Waals surface area contributed by atoms with E-state index in [2.05, 4.69) is 19.1 Å². The van der Waals surface area contributed by atoms with Gasteiger partial charge in [-0.1, -0.05) is 70.4 Å². The van der Waals surface area contributed by atoms with Crippen LogP contribution in [-0.4, -0.2) is 39.5 Å². The van der Waals surface area contributed by atoms with Crippen molar-refractivity contribution in [2.75, 3.05) is 27.4 Å². The lowest BCUT2D eigenvalue weighted by molar-refractivity contribution is -0.148. The second kappa shape index (κ2) is 21.4. The van der Waals surface area contributed by atoms with Crippen LogP contribution in [0.1, 0.15) is 96.8 Å².